The van der Waals surface area contributed by atoms with Crippen molar-refractivity contribution < 1.29 is 43.4 Å². The van der Waals surface area contributed by atoms with Crippen molar-refractivity contribution in [3.05, 3.63) is 70.8 Å². The molecule has 0 heterocycles. The lowest BCUT2D eigenvalue weighted by atomic mass is 9.97. The van der Waals surface area contributed by atoms with Gasteiger partial charge in [0, 0.05) is 25.7 Å². The van der Waals surface area contributed by atoms with Crippen molar-refractivity contribution in [3.63, 3.8) is 0 Å². The van der Waals surface area contributed by atoms with E-state index in [4.69, 9.17) is 29.0 Å². The molecule has 2 fully saturated rings. The Kier molecular flexibility index (Phi) is 20.8. The second-order valence-electron chi connectivity index (χ2n) is 16.1. The van der Waals surface area contributed by atoms with Crippen LogP contribution in [-0.2, 0) is 41.9 Å². The number of ether oxygens (including phenoxy) is 2. The molecule has 56 heavy (non-hydrogen) atoms. The predicted octanol–water partition coefficient (Wildman–Crippen LogP) is 13.4. The first-order valence-electron chi connectivity index (χ1n) is 22.3. The Bertz CT molecular complexity index is 1270. The molecule has 0 aliphatic heterocycles. The maximum Gasteiger partial charge on any atom is 0.513 e. The van der Waals surface area contributed by atoms with Gasteiger partial charge in [-0.2, -0.15) is 0 Å². The van der Waals surface area contributed by atoms with Gasteiger partial charge in [0.15, 0.2) is 0 Å². The molecule has 0 amide bonds. The lowest BCUT2D eigenvalue weighted by Gasteiger charge is -2.35. The molecule has 2 aromatic rings. The van der Waals surface area contributed by atoms with Crippen LogP contribution in [0.3, 0.4) is 0 Å². The van der Waals surface area contributed by atoms with Crippen LogP contribution in [0.2, 0.25) is 0 Å². The highest BCUT2D eigenvalue weighted by atomic mass is 17.3. The molecular formula is C47H70O9. The van der Waals surface area contributed by atoms with Crippen LogP contribution in [0.15, 0.2) is 48.5 Å². The minimum absolute atomic E-state index is 0.336. The summed E-state index contributed by atoms with van der Waals surface area (Å²) in [6.07, 6.45) is 24.4. The zero-order chi connectivity index (χ0) is 39.7. The molecule has 9 heteroatoms. The molecule has 0 radical (unpaired) electrons. The number of aryl methyl sites for hydroxylation is 2. The molecule has 2 aliphatic carbocycles. The summed E-state index contributed by atoms with van der Waals surface area (Å²) >= 11 is 0. The van der Waals surface area contributed by atoms with Gasteiger partial charge >= 0.3 is 18.1 Å². The Labute approximate surface area is 336 Å². The molecular weight excluding hydrogens is 709 g/mol. The molecule has 0 aromatic heterocycles. The Hall–Kier alpha value is -3.43. The number of hydrogen-bond donors (Lipinski definition) is 0. The van der Waals surface area contributed by atoms with E-state index in [1.165, 1.54) is 12.8 Å². The molecule has 2 saturated carbocycles. The summed E-state index contributed by atoms with van der Waals surface area (Å²) in [5.41, 5.74) is 3.02. The van der Waals surface area contributed by atoms with E-state index in [0.29, 0.717) is 62.5 Å². The summed E-state index contributed by atoms with van der Waals surface area (Å²) in [6, 6.07) is 14.7. The van der Waals surface area contributed by atoms with Crippen LogP contribution in [0.4, 0.5) is 4.79 Å². The minimum atomic E-state index is -1.56. The van der Waals surface area contributed by atoms with E-state index in [2.05, 4.69) is 13.8 Å². The Morgan fingerprint density at radius 1 is 0.446 bits per heavy atom. The summed E-state index contributed by atoms with van der Waals surface area (Å²) in [5, 5.41) is 0. The quantitative estimate of drug-likeness (QED) is 0.0801. The van der Waals surface area contributed by atoms with Gasteiger partial charge < -0.3 is 9.47 Å². The first kappa shape index (κ1) is 45.3. The van der Waals surface area contributed by atoms with Crippen LogP contribution in [0, 0.1) is 0 Å². The lowest BCUT2D eigenvalue weighted by Crippen LogP contribution is -2.44. The third-order valence-electron chi connectivity index (χ3n) is 11.3. The van der Waals surface area contributed by atoms with Crippen LogP contribution < -0.4 is 0 Å². The molecule has 9 nitrogen and oxygen atoms in total. The third kappa shape index (κ3) is 16.6. The minimum Gasteiger partial charge on any atom is -0.398 e. The van der Waals surface area contributed by atoms with Crippen molar-refractivity contribution in [2.45, 2.75) is 205 Å². The van der Waals surface area contributed by atoms with Crippen LogP contribution in [0.5, 0.6) is 0 Å². The summed E-state index contributed by atoms with van der Waals surface area (Å²) in [4.78, 5) is 63.7. The molecule has 0 unspecified atom stereocenters. The van der Waals surface area contributed by atoms with Gasteiger partial charge in [0.25, 0.3) is 11.6 Å². The van der Waals surface area contributed by atoms with E-state index in [0.717, 1.165) is 127 Å². The molecule has 0 saturated heterocycles. The van der Waals surface area contributed by atoms with Gasteiger partial charge in [-0.05, 0) is 86.8 Å². The fourth-order valence-electron chi connectivity index (χ4n) is 7.73. The van der Waals surface area contributed by atoms with Crippen molar-refractivity contribution in [2.24, 2.45) is 0 Å². The topological polar surface area (TPSA) is 107 Å². The fraction of sp³-hybridized carbons (Fsp3) is 0.681. The number of rotatable bonds is 14. The van der Waals surface area contributed by atoms with Gasteiger partial charge in [-0.15, -0.1) is 9.78 Å². The number of carbonyl (C=O) groups excluding carboxylic acids is 3. The molecule has 0 bridgehead atoms. The number of hydrogen-bond acceptors (Lipinski definition) is 9. The molecule has 2 aliphatic rings. The first-order valence-corrected chi connectivity index (χ1v) is 22.3. The zero-order valence-corrected chi connectivity index (χ0v) is 34.6. The average Bonchev–Trinajstić information content (AvgIpc) is 3.20. The zero-order valence-electron chi connectivity index (χ0n) is 34.6. The number of carbonyl (C=O) groups is 3. The van der Waals surface area contributed by atoms with Gasteiger partial charge in [0.1, 0.15) is 0 Å². The fourth-order valence-corrected chi connectivity index (χ4v) is 7.73. The molecule has 0 spiro atoms. The van der Waals surface area contributed by atoms with Crippen molar-refractivity contribution in [1.82, 2.24) is 0 Å². The smallest absolute Gasteiger partial charge is 0.398 e. The summed E-state index contributed by atoms with van der Waals surface area (Å²) in [7, 11) is 0. The Morgan fingerprint density at radius 3 is 1.02 bits per heavy atom. The number of benzene rings is 2. The predicted molar refractivity (Wildman–Crippen MR) is 218 cm³/mol. The van der Waals surface area contributed by atoms with Crippen LogP contribution >= 0.6 is 0 Å². The normalized spacial score (nSPS) is 18.8. The maximum absolute atomic E-state index is 14.1. The monoisotopic (exact) mass is 779 g/mol. The molecule has 0 atom stereocenters. The van der Waals surface area contributed by atoms with E-state index in [1.807, 2.05) is 24.3 Å². The second-order valence-corrected chi connectivity index (χ2v) is 16.1. The third-order valence-corrected chi connectivity index (χ3v) is 11.3. The van der Waals surface area contributed by atoms with E-state index in [1.54, 1.807) is 24.3 Å². The standard InChI is InChI=1S/C47H70O9/c1-3-5-25-39-27-31-41(32-28-39)43(48)53-55-46(35-21-17-13-9-7-10-14-18-22-36-46)51-45(50)52-47(37-23-19-15-11-8-12-16-20-24-38-47)56-54-44(49)42-33-29-40(30-34-42)26-6-4-2/h27-34H,3-26,35-38H2,1-2H3. The van der Waals surface area contributed by atoms with Crippen molar-refractivity contribution in [2.75, 3.05) is 0 Å². The highest BCUT2D eigenvalue weighted by Gasteiger charge is 2.44. The van der Waals surface area contributed by atoms with Gasteiger partial charge in [-0.1, -0.05) is 141 Å². The van der Waals surface area contributed by atoms with Crippen molar-refractivity contribution in [1.29, 1.82) is 0 Å². The maximum atomic E-state index is 14.1. The van der Waals surface area contributed by atoms with Gasteiger partial charge in [0.2, 0.25) is 0 Å². The van der Waals surface area contributed by atoms with E-state index < -0.39 is 29.7 Å². The summed E-state index contributed by atoms with van der Waals surface area (Å²) in [6.45, 7) is 4.30. The number of unbranched alkanes of at least 4 members (excludes halogenated alkanes) is 2. The summed E-state index contributed by atoms with van der Waals surface area (Å²) < 4.78 is 12.4. The van der Waals surface area contributed by atoms with E-state index in [-0.39, 0.29) is 0 Å². The molecule has 4 rings (SSSR count). The van der Waals surface area contributed by atoms with Crippen LogP contribution in [0.1, 0.15) is 213 Å². The van der Waals surface area contributed by atoms with Crippen LogP contribution in [-0.4, -0.2) is 29.7 Å². The van der Waals surface area contributed by atoms with Crippen LogP contribution in [0.25, 0.3) is 0 Å². The Balaban J connectivity index is 1.54. The lowest BCUT2D eigenvalue weighted by molar-refractivity contribution is -0.409. The van der Waals surface area contributed by atoms with Gasteiger partial charge in [-0.3, -0.25) is 9.78 Å². The first-order chi connectivity index (χ1) is 27.4. The Morgan fingerprint density at radius 2 is 0.732 bits per heavy atom. The van der Waals surface area contributed by atoms with Crippen molar-refractivity contribution >= 4 is 18.1 Å². The SMILES string of the molecule is CCCCc1ccc(C(=O)OOC2(OC(=O)OC3(OOC(=O)c4ccc(CCCC)cc4)CCCCCCCCCCC3)CCCCCCCCCCC2)cc1. The van der Waals surface area contributed by atoms with Gasteiger partial charge in [0.05, 0.1) is 11.1 Å². The van der Waals surface area contributed by atoms with E-state index in [9.17, 15) is 14.4 Å². The highest BCUT2D eigenvalue weighted by molar-refractivity contribution is 5.89. The highest BCUT2D eigenvalue weighted by Crippen LogP contribution is 2.35. The van der Waals surface area contributed by atoms with Crippen molar-refractivity contribution in [3.8, 4) is 0 Å². The van der Waals surface area contributed by atoms with Gasteiger partial charge in [-0.25, -0.2) is 14.4 Å². The molecule has 0 N–H and O–H groups in total. The average molecular weight is 779 g/mol. The largest absolute Gasteiger partial charge is 0.513 e. The molecule has 312 valence electrons. The second kappa shape index (κ2) is 25.7. The summed E-state index contributed by atoms with van der Waals surface area (Å²) in [5.74, 6) is -4.43. The molecule has 2 aromatic carbocycles. The van der Waals surface area contributed by atoms with E-state index >= 15 is 0 Å².